The molecule has 1 unspecified atom stereocenters. The zero-order valence-corrected chi connectivity index (χ0v) is 17.0. The van der Waals surface area contributed by atoms with Crippen molar-refractivity contribution in [1.29, 1.82) is 0 Å². The van der Waals surface area contributed by atoms with Crippen LogP contribution in [0, 0.1) is 5.92 Å². The molecule has 0 radical (unpaired) electrons. The molecular formula is C22H29N5O2. The molecule has 2 aromatic rings. The summed E-state index contributed by atoms with van der Waals surface area (Å²) >= 11 is 0. The molecule has 7 heteroatoms. The Labute approximate surface area is 171 Å². The Balaban J connectivity index is 1.26. The molecule has 0 saturated carbocycles. The Morgan fingerprint density at radius 3 is 2.90 bits per heavy atom. The van der Waals surface area contributed by atoms with Crippen molar-refractivity contribution in [3.05, 3.63) is 58.0 Å². The summed E-state index contributed by atoms with van der Waals surface area (Å²) in [6.45, 7) is 5.03. The Kier molecular flexibility index (Phi) is 5.94. The third-order valence-electron chi connectivity index (χ3n) is 6.05. The van der Waals surface area contributed by atoms with Gasteiger partial charge in [0.25, 0.3) is 5.56 Å². The van der Waals surface area contributed by atoms with Gasteiger partial charge < -0.3 is 10.2 Å². The standard InChI is InChI=1S/C22H29N5O2/c1-25-21(28)13-20(14-24-25)27-10-4-7-19(16-27)22(29)23-9-12-26-11-8-17-5-2-3-6-18(17)15-26/h2-3,5-6,13-14,19H,4,7-12,15-16H2,1H3,(H,23,29). The minimum Gasteiger partial charge on any atom is -0.369 e. The minimum atomic E-state index is -0.128. The average molecular weight is 396 g/mol. The van der Waals surface area contributed by atoms with Gasteiger partial charge in [-0.25, -0.2) is 4.68 Å². The van der Waals surface area contributed by atoms with E-state index >= 15 is 0 Å². The number of piperidine rings is 1. The molecule has 1 saturated heterocycles. The maximum Gasteiger partial charge on any atom is 0.268 e. The maximum atomic E-state index is 12.7. The number of anilines is 1. The van der Waals surface area contributed by atoms with Gasteiger partial charge in [0.2, 0.25) is 5.91 Å². The number of nitrogens with one attached hydrogen (secondary N) is 1. The second kappa shape index (κ2) is 8.78. The number of amides is 1. The Bertz CT molecular complexity index is 925. The molecular weight excluding hydrogens is 366 g/mol. The lowest BCUT2D eigenvalue weighted by atomic mass is 9.96. The summed E-state index contributed by atoms with van der Waals surface area (Å²) in [5.41, 5.74) is 3.52. The quantitative estimate of drug-likeness (QED) is 0.823. The molecule has 4 rings (SSSR count). The molecule has 29 heavy (non-hydrogen) atoms. The topological polar surface area (TPSA) is 70.5 Å². The zero-order chi connectivity index (χ0) is 20.2. The highest BCUT2D eigenvalue weighted by atomic mass is 16.2. The van der Waals surface area contributed by atoms with Crippen LogP contribution in [0.2, 0.25) is 0 Å². The smallest absolute Gasteiger partial charge is 0.268 e. The van der Waals surface area contributed by atoms with Crippen LogP contribution in [-0.2, 0) is 24.8 Å². The molecule has 0 spiro atoms. The number of hydrogen-bond acceptors (Lipinski definition) is 5. The number of nitrogens with zero attached hydrogens (tertiary/aromatic N) is 4. The molecule has 2 aliphatic rings. The summed E-state index contributed by atoms with van der Waals surface area (Å²) in [5, 5.41) is 7.23. The number of rotatable bonds is 5. The van der Waals surface area contributed by atoms with E-state index < -0.39 is 0 Å². The van der Waals surface area contributed by atoms with Crippen LogP contribution in [0.3, 0.4) is 0 Å². The molecule has 1 amide bonds. The maximum absolute atomic E-state index is 12.7. The van der Waals surface area contributed by atoms with E-state index in [1.54, 1.807) is 19.3 Å². The first-order chi connectivity index (χ1) is 14.1. The fourth-order valence-corrected chi connectivity index (χ4v) is 4.29. The van der Waals surface area contributed by atoms with Crippen LogP contribution < -0.4 is 15.8 Å². The first-order valence-corrected chi connectivity index (χ1v) is 10.5. The molecule has 7 nitrogen and oxygen atoms in total. The van der Waals surface area contributed by atoms with E-state index in [-0.39, 0.29) is 17.4 Å². The number of carbonyl (C=O) groups excluding carboxylic acids is 1. The molecule has 3 heterocycles. The highest BCUT2D eigenvalue weighted by Gasteiger charge is 2.26. The van der Waals surface area contributed by atoms with E-state index in [0.717, 1.165) is 51.1 Å². The number of carbonyl (C=O) groups is 1. The second-order valence-electron chi connectivity index (χ2n) is 8.05. The summed E-state index contributed by atoms with van der Waals surface area (Å²) in [6, 6.07) is 10.2. The van der Waals surface area contributed by atoms with Gasteiger partial charge in [0.15, 0.2) is 0 Å². The van der Waals surface area contributed by atoms with Gasteiger partial charge in [0.05, 0.1) is 17.8 Å². The summed E-state index contributed by atoms with van der Waals surface area (Å²) in [4.78, 5) is 29.1. The van der Waals surface area contributed by atoms with Crippen molar-refractivity contribution in [2.45, 2.75) is 25.8 Å². The van der Waals surface area contributed by atoms with Crippen LogP contribution in [0.4, 0.5) is 5.69 Å². The molecule has 1 aromatic carbocycles. The minimum absolute atomic E-state index is 0.0464. The summed E-state index contributed by atoms with van der Waals surface area (Å²) in [5.74, 6) is 0.0683. The highest BCUT2D eigenvalue weighted by Crippen LogP contribution is 2.22. The summed E-state index contributed by atoms with van der Waals surface area (Å²) in [7, 11) is 1.64. The van der Waals surface area contributed by atoms with Gasteiger partial charge in [-0.05, 0) is 30.4 Å². The highest BCUT2D eigenvalue weighted by molar-refractivity contribution is 5.79. The van der Waals surface area contributed by atoms with Gasteiger partial charge in [-0.3, -0.25) is 14.5 Å². The van der Waals surface area contributed by atoms with Crippen LogP contribution in [0.1, 0.15) is 24.0 Å². The van der Waals surface area contributed by atoms with Crippen molar-refractivity contribution in [2.75, 3.05) is 37.6 Å². The predicted octanol–water partition coefficient (Wildman–Crippen LogP) is 1.17. The molecule has 1 N–H and O–H groups in total. The molecule has 1 fully saturated rings. The van der Waals surface area contributed by atoms with Crippen LogP contribution in [0.25, 0.3) is 0 Å². The molecule has 154 valence electrons. The third-order valence-corrected chi connectivity index (χ3v) is 6.05. The largest absolute Gasteiger partial charge is 0.369 e. The number of aryl methyl sites for hydroxylation is 1. The van der Waals surface area contributed by atoms with E-state index in [0.29, 0.717) is 13.1 Å². The Hall–Kier alpha value is -2.67. The first kappa shape index (κ1) is 19.6. The van der Waals surface area contributed by atoms with Crippen LogP contribution in [0.15, 0.2) is 41.3 Å². The number of fused-ring (bicyclic) bond motifs is 1. The van der Waals surface area contributed by atoms with Gasteiger partial charge >= 0.3 is 0 Å². The van der Waals surface area contributed by atoms with E-state index in [1.807, 2.05) is 0 Å². The number of hydrogen-bond donors (Lipinski definition) is 1. The van der Waals surface area contributed by atoms with Crippen molar-refractivity contribution in [3.63, 3.8) is 0 Å². The molecule has 1 aromatic heterocycles. The van der Waals surface area contributed by atoms with Gasteiger partial charge in [-0.2, -0.15) is 5.10 Å². The SMILES string of the molecule is Cn1ncc(N2CCCC(C(=O)NCCN3CCc4ccccc4C3)C2)cc1=O. The van der Waals surface area contributed by atoms with Crippen LogP contribution in [-0.4, -0.2) is 53.3 Å². The lowest BCUT2D eigenvalue weighted by molar-refractivity contribution is -0.125. The lowest BCUT2D eigenvalue weighted by Gasteiger charge is -2.33. The van der Waals surface area contributed by atoms with Gasteiger partial charge in [0, 0.05) is 52.4 Å². The Morgan fingerprint density at radius 2 is 2.07 bits per heavy atom. The lowest BCUT2D eigenvalue weighted by Crippen LogP contribution is -2.45. The second-order valence-corrected chi connectivity index (χ2v) is 8.05. The van der Waals surface area contributed by atoms with Crippen molar-refractivity contribution in [1.82, 2.24) is 20.0 Å². The number of aromatic nitrogens is 2. The normalized spacial score (nSPS) is 19.6. The van der Waals surface area contributed by atoms with Gasteiger partial charge in [0.1, 0.15) is 0 Å². The molecule has 0 aliphatic carbocycles. The third kappa shape index (κ3) is 4.67. The molecule has 0 bridgehead atoms. The van der Waals surface area contributed by atoms with E-state index in [9.17, 15) is 9.59 Å². The fraction of sp³-hybridized carbons (Fsp3) is 0.500. The van der Waals surface area contributed by atoms with Crippen molar-refractivity contribution < 1.29 is 4.79 Å². The van der Waals surface area contributed by atoms with Crippen molar-refractivity contribution in [3.8, 4) is 0 Å². The van der Waals surface area contributed by atoms with E-state index in [1.165, 1.54) is 15.8 Å². The monoisotopic (exact) mass is 395 g/mol. The van der Waals surface area contributed by atoms with E-state index in [2.05, 4.69) is 44.5 Å². The summed E-state index contributed by atoms with van der Waals surface area (Å²) < 4.78 is 1.32. The molecule has 1 atom stereocenters. The predicted molar refractivity (Wildman–Crippen MR) is 113 cm³/mol. The van der Waals surface area contributed by atoms with Crippen LogP contribution in [0.5, 0.6) is 0 Å². The average Bonchev–Trinajstić information content (AvgIpc) is 2.75. The van der Waals surface area contributed by atoms with Crippen molar-refractivity contribution in [2.24, 2.45) is 13.0 Å². The van der Waals surface area contributed by atoms with Crippen LogP contribution >= 0.6 is 0 Å². The van der Waals surface area contributed by atoms with E-state index in [4.69, 9.17) is 0 Å². The summed E-state index contributed by atoms with van der Waals surface area (Å²) in [6.07, 6.45) is 4.61. The zero-order valence-electron chi connectivity index (χ0n) is 17.0. The molecule has 2 aliphatic heterocycles. The first-order valence-electron chi connectivity index (χ1n) is 10.5. The number of benzene rings is 1. The Morgan fingerprint density at radius 1 is 1.24 bits per heavy atom. The van der Waals surface area contributed by atoms with Gasteiger partial charge in [-0.1, -0.05) is 24.3 Å². The van der Waals surface area contributed by atoms with Crippen molar-refractivity contribution >= 4 is 11.6 Å². The fourth-order valence-electron chi connectivity index (χ4n) is 4.29. The van der Waals surface area contributed by atoms with Gasteiger partial charge in [-0.15, -0.1) is 0 Å².